The smallest absolute Gasteiger partial charge is 0.341 e. The van der Waals surface area contributed by atoms with Gasteiger partial charge in [-0.3, -0.25) is 0 Å². The molecule has 2 heterocycles. The zero-order valence-electron chi connectivity index (χ0n) is 14.8. The van der Waals surface area contributed by atoms with Crippen molar-refractivity contribution in [3.8, 4) is 17.1 Å². The number of esters is 1. The Morgan fingerprint density at radius 2 is 1.96 bits per heavy atom. The van der Waals surface area contributed by atoms with E-state index in [4.69, 9.17) is 13.9 Å². The van der Waals surface area contributed by atoms with Crippen molar-refractivity contribution < 1.29 is 18.7 Å². The fourth-order valence-electron chi connectivity index (χ4n) is 2.51. The molecule has 2 aromatic heterocycles. The highest BCUT2D eigenvalue weighted by atomic mass is 32.2. The lowest BCUT2D eigenvalue weighted by molar-refractivity contribution is 0.0598. The van der Waals surface area contributed by atoms with Crippen molar-refractivity contribution in [2.45, 2.75) is 24.4 Å². The van der Waals surface area contributed by atoms with Gasteiger partial charge in [-0.15, -0.1) is 10.2 Å². The van der Waals surface area contributed by atoms with Gasteiger partial charge in [0.05, 0.1) is 26.2 Å². The van der Waals surface area contributed by atoms with Crippen LogP contribution in [-0.4, -0.2) is 35.0 Å². The third-order valence-corrected chi connectivity index (χ3v) is 4.83. The number of ether oxygens (including phenoxy) is 2. The van der Waals surface area contributed by atoms with E-state index in [1.165, 1.54) is 25.1 Å². The van der Waals surface area contributed by atoms with Crippen molar-refractivity contribution in [1.82, 2.24) is 14.8 Å². The zero-order chi connectivity index (χ0) is 18.5. The summed E-state index contributed by atoms with van der Waals surface area (Å²) in [5.41, 5.74) is 1.39. The summed E-state index contributed by atoms with van der Waals surface area (Å²) in [6.07, 6.45) is 1.48. The topological polar surface area (TPSA) is 79.4 Å². The van der Waals surface area contributed by atoms with Crippen LogP contribution in [0.25, 0.3) is 11.4 Å². The molecule has 0 aliphatic rings. The normalized spacial score (nSPS) is 10.7. The third kappa shape index (κ3) is 3.60. The fraction of sp³-hybridized carbons (Fsp3) is 0.278. The first-order valence-electron chi connectivity index (χ1n) is 8.03. The number of rotatable bonds is 7. The molecule has 8 heteroatoms. The zero-order valence-corrected chi connectivity index (χ0v) is 15.6. The molecule has 7 nitrogen and oxygen atoms in total. The number of carbonyl (C=O) groups is 1. The van der Waals surface area contributed by atoms with Gasteiger partial charge in [0.2, 0.25) is 0 Å². The lowest BCUT2D eigenvalue weighted by atomic mass is 10.2. The van der Waals surface area contributed by atoms with Gasteiger partial charge in [0.15, 0.2) is 11.0 Å². The number of hydrogen-bond acceptors (Lipinski definition) is 7. The lowest BCUT2D eigenvalue weighted by Crippen LogP contribution is -2.03. The van der Waals surface area contributed by atoms with E-state index in [2.05, 4.69) is 10.2 Å². The highest BCUT2D eigenvalue weighted by Crippen LogP contribution is 2.28. The molecule has 0 saturated heterocycles. The van der Waals surface area contributed by atoms with Crippen LogP contribution in [0.15, 0.2) is 46.2 Å². The number of benzene rings is 1. The second-order valence-corrected chi connectivity index (χ2v) is 6.26. The molecule has 0 unspecified atom stereocenters. The summed E-state index contributed by atoms with van der Waals surface area (Å²) in [7, 11) is 2.98. The number of thioether (sulfide) groups is 1. The van der Waals surface area contributed by atoms with Crippen molar-refractivity contribution in [2.75, 3.05) is 14.2 Å². The van der Waals surface area contributed by atoms with Gasteiger partial charge in [0.25, 0.3) is 0 Å². The SMILES string of the molecule is CCn1c(SCc2occc2C(=O)OC)nnc1-c1ccc(OC)cc1. The Morgan fingerprint density at radius 3 is 2.62 bits per heavy atom. The quantitative estimate of drug-likeness (QED) is 0.462. The molecule has 0 spiro atoms. The van der Waals surface area contributed by atoms with Crippen LogP contribution in [0.4, 0.5) is 0 Å². The largest absolute Gasteiger partial charge is 0.497 e. The Morgan fingerprint density at radius 1 is 1.19 bits per heavy atom. The molecule has 0 radical (unpaired) electrons. The van der Waals surface area contributed by atoms with Gasteiger partial charge < -0.3 is 18.5 Å². The van der Waals surface area contributed by atoms with E-state index in [1.54, 1.807) is 13.2 Å². The fourth-order valence-corrected chi connectivity index (χ4v) is 3.46. The molecule has 0 N–H and O–H groups in total. The summed E-state index contributed by atoms with van der Waals surface area (Å²) >= 11 is 1.46. The lowest BCUT2D eigenvalue weighted by Gasteiger charge is -2.08. The molecular formula is C18H19N3O4S. The second-order valence-electron chi connectivity index (χ2n) is 5.32. The van der Waals surface area contributed by atoms with Gasteiger partial charge in [-0.2, -0.15) is 0 Å². The molecule has 26 heavy (non-hydrogen) atoms. The molecule has 0 saturated carbocycles. The first-order valence-corrected chi connectivity index (χ1v) is 9.01. The molecule has 3 rings (SSSR count). The summed E-state index contributed by atoms with van der Waals surface area (Å²) in [6, 6.07) is 9.29. The van der Waals surface area contributed by atoms with Crippen molar-refractivity contribution in [3.63, 3.8) is 0 Å². The Bertz CT molecular complexity index is 886. The number of methoxy groups -OCH3 is 2. The molecule has 0 fully saturated rings. The Kier molecular flexibility index (Phi) is 5.62. The van der Waals surface area contributed by atoms with Crippen LogP contribution >= 0.6 is 11.8 Å². The van der Waals surface area contributed by atoms with Gasteiger partial charge in [-0.1, -0.05) is 11.8 Å². The van der Waals surface area contributed by atoms with E-state index in [-0.39, 0.29) is 0 Å². The van der Waals surface area contributed by atoms with Gasteiger partial charge in [-0.05, 0) is 37.3 Å². The molecule has 0 aliphatic carbocycles. The second kappa shape index (κ2) is 8.09. The average Bonchev–Trinajstić information content (AvgIpc) is 3.32. The maximum absolute atomic E-state index is 11.7. The molecule has 3 aromatic rings. The minimum absolute atomic E-state index is 0.412. The van der Waals surface area contributed by atoms with E-state index in [0.717, 1.165) is 28.8 Å². The Labute approximate surface area is 155 Å². The van der Waals surface area contributed by atoms with Crippen molar-refractivity contribution in [1.29, 1.82) is 0 Å². The third-order valence-electron chi connectivity index (χ3n) is 3.86. The van der Waals surface area contributed by atoms with Crippen LogP contribution in [0.2, 0.25) is 0 Å². The average molecular weight is 373 g/mol. The first kappa shape index (κ1) is 18.1. The number of carbonyl (C=O) groups excluding carboxylic acids is 1. The summed E-state index contributed by atoms with van der Waals surface area (Å²) in [5, 5.41) is 9.36. The standard InChI is InChI=1S/C18H19N3O4S/c1-4-21-16(12-5-7-13(23-2)8-6-12)19-20-18(21)26-11-15-14(9-10-25-15)17(22)24-3/h5-10H,4,11H2,1-3H3. The molecule has 0 aliphatic heterocycles. The van der Waals surface area contributed by atoms with Gasteiger partial charge in [-0.25, -0.2) is 4.79 Å². The predicted molar refractivity (Wildman–Crippen MR) is 97.3 cm³/mol. The first-order chi connectivity index (χ1) is 12.7. The van der Waals surface area contributed by atoms with Crippen LogP contribution < -0.4 is 4.74 Å². The van der Waals surface area contributed by atoms with Crippen molar-refractivity contribution >= 4 is 17.7 Å². The number of hydrogen-bond donors (Lipinski definition) is 0. The Hall–Kier alpha value is -2.74. The van der Waals surface area contributed by atoms with Crippen molar-refractivity contribution in [2.24, 2.45) is 0 Å². The maximum atomic E-state index is 11.7. The maximum Gasteiger partial charge on any atom is 0.341 e. The molecule has 136 valence electrons. The van der Waals surface area contributed by atoms with Crippen LogP contribution in [0.1, 0.15) is 23.0 Å². The van der Waals surface area contributed by atoms with Crippen LogP contribution in [0.5, 0.6) is 5.75 Å². The van der Waals surface area contributed by atoms with E-state index in [0.29, 0.717) is 17.1 Å². The summed E-state index contributed by atoms with van der Waals surface area (Å²) in [4.78, 5) is 11.7. The number of aromatic nitrogens is 3. The van der Waals surface area contributed by atoms with Gasteiger partial charge in [0.1, 0.15) is 17.1 Å². The highest BCUT2D eigenvalue weighted by Gasteiger charge is 2.18. The highest BCUT2D eigenvalue weighted by molar-refractivity contribution is 7.98. The molecule has 0 bridgehead atoms. The molecule has 0 amide bonds. The Balaban J connectivity index is 1.80. The van der Waals surface area contributed by atoms with Crippen LogP contribution in [0.3, 0.4) is 0 Å². The number of furan rings is 1. The summed E-state index contributed by atoms with van der Waals surface area (Å²) < 4.78 is 17.4. The van der Waals surface area contributed by atoms with Crippen molar-refractivity contribution in [3.05, 3.63) is 47.9 Å². The van der Waals surface area contributed by atoms with E-state index in [9.17, 15) is 4.79 Å². The summed E-state index contributed by atoms with van der Waals surface area (Å²) in [5.74, 6) is 2.17. The minimum Gasteiger partial charge on any atom is -0.497 e. The summed E-state index contributed by atoms with van der Waals surface area (Å²) in [6.45, 7) is 2.76. The van der Waals surface area contributed by atoms with Crippen LogP contribution in [0, 0.1) is 0 Å². The predicted octanol–water partition coefficient (Wildman–Crippen LogP) is 3.65. The van der Waals surface area contributed by atoms with E-state index in [1.807, 2.05) is 35.8 Å². The minimum atomic E-state index is -0.412. The van der Waals surface area contributed by atoms with Crippen LogP contribution in [-0.2, 0) is 17.0 Å². The molecular weight excluding hydrogens is 354 g/mol. The molecule has 0 atom stereocenters. The van der Waals surface area contributed by atoms with E-state index >= 15 is 0 Å². The monoisotopic (exact) mass is 373 g/mol. The van der Waals surface area contributed by atoms with Gasteiger partial charge in [0, 0.05) is 12.1 Å². The number of nitrogens with zero attached hydrogens (tertiary/aromatic N) is 3. The van der Waals surface area contributed by atoms with E-state index < -0.39 is 5.97 Å². The van der Waals surface area contributed by atoms with Gasteiger partial charge >= 0.3 is 5.97 Å². The molecule has 1 aromatic carbocycles.